The summed E-state index contributed by atoms with van der Waals surface area (Å²) >= 11 is 0. The SMILES string of the molecule is Cc1nccn1CCOCCO. The number of imidazole rings is 1. The number of aliphatic hydroxyl groups excluding tert-OH is 1. The Bertz CT molecular complexity index is 223. The Labute approximate surface area is 71.8 Å². The highest BCUT2D eigenvalue weighted by Crippen LogP contribution is 1.94. The van der Waals surface area contributed by atoms with Crippen LogP contribution in [0.15, 0.2) is 12.4 Å². The number of hydrogen-bond acceptors (Lipinski definition) is 3. The first kappa shape index (κ1) is 9.22. The van der Waals surface area contributed by atoms with Gasteiger partial charge in [-0.15, -0.1) is 0 Å². The molecule has 0 aromatic carbocycles. The molecule has 0 aliphatic rings. The third-order valence-electron chi connectivity index (χ3n) is 1.64. The fraction of sp³-hybridized carbons (Fsp3) is 0.625. The lowest BCUT2D eigenvalue weighted by Gasteiger charge is -2.04. The van der Waals surface area contributed by atoms with E-state index in [-0.39, 0.29) is 6.61 Å². The number of aliphatic hydroxyl groups is 1. The van der Waals surface area contributed by atoms with E-state index < -0.39 is 0 Å². The number of hydrogen-bond donors (Lipinski definition) is 1. The van der Waals surface area contributed by atoms with Gasteiger partial charge in [0.15, 0.2) is 0 Å². The molecule has 0 radical (unpaired) electrons. The van der Waals surface area contributed by atoms with Crippen molar-refractivity contribution in [2.24, 2.45) is 0 Å². The molecule has 0 bridgehead atoms. The molecule has 1 aromatic heterocycles. The number of rotatable bonds is 5. The highest BCUT2D eigenvalue weighted by molar-refractivity contribution is 4.87. The maximum absolute atomic E-state index is 8.43. The van der Waals surface area contributed by atoms with Crippen LogP contribution in [0.2, 0.25) is 0 Å². The summed E-state index contributed by atoms with van der Waals surface area (Å²) in [6.07, 6.45) is 3.68. The Hall–Kier alpha value is -0.870. The second-order valence-electron chi connectivity index (χ2n) is 2.50. The number of aryl methyl sites for hydroxylation is 1. The maximum Gasteiger partial charge on any atom is 0.105 e. The summed E-state index contributed by atoms with van der Waals surface area (Å²) in [6, 6.07) is 0. The predicted octanol–water partition coefficient (Wildman–Crippen LogP) is 0.200. The van der Waals surface area contributed by atoms with Gasteiger partial charge in [0.25, 0.3) is 0 Å². The minimum atomic E-state index is 0.0862. The molecule has 0 saturated carbocycles. The van der Waals surface area contributed by atoms with Crippen LogP contribution < -0.4 is 0 Å². The minimum Gasteiger partial charge on any atom is -0.394 e. The van der Waals surface area contributed by atoms with E-state index in [2.05, 4.69) is 4.98 Å². The van der Waals surface area contributed by atoms with E-state index in [4.69, 9.17) is 9.84 Å². The van der Waals surface area contributed by atoms with Gasteiger partial charge in [0, 0.05) is 18.9 Å². The summed E-state index contributed by atoms with van der Waals surface area (Å²) in [6.45, 7) is 3.87. The molecule has 0 aliphatic carbocycles. The van der Waals surface area contributed by atoms with Gasteiger partial charge in [-0.2, -0.15) is 0 Å². The molecule has 0 spiro atoms. The van der Waals surface area contributed by atoms with Crippen molar-refractivity contribution in [1.82, 2.24) is 9.55 Å². The molecule has 1 N–H and O–H groups in total. The molecule has 0 aliphatic heterocycles. The predicted molar refractivity (Wildman–Crippen MR) is 44.9 cm³/mol. The van der Waals surface area contributed by atoms with Crippen molar-refractivity contribution < 1.29 is 9.84 Å². The van der Waals surface area contributed by atoms with Crippen LogP contribution in [-0.2, 0) is 11.3 Å². The third kappa shape index (κ3) is 2.64. The molecule has 0 fully saturated rings. The van der Waals surface area contributed by atoms with Gasteiger partial charge in [0.2, 0.25) is 0 Å². The summed E-state index contributed by atoms with van der Waals surface area (Å²) in [4.78, 5) is 4.07. The summed E-state index contributed by atoms with van der Waals surface area (Å²) in [7, 11) is 0. The van der Waals surface area contributed by atoms with Gasteiger partial charge in [-0.05, 0) is 6.92 Å². The zero-order valence-electron chi connectivity index (χ0n) is 7.23. The van der Waals surface area contributed by atoms with Crippen molar-refractivity contribution in [2.75, 3.05) is 19.8 Å². The van der Waals surface area contributed by atoms with E-state index in [9.17, 15) is 0 Å². The van der Waals surface area contributed by atoms with Crippen LogP contribution in [0.3, 0.4) is 0 Å². The second kappa shape index (κ2) is 4.90. The Balaban J connectivity index is 2.20. The van der Waals surface area contributed by atoms with Crippen LogP contribution in [0, 0.1) is 6.92 Å². The first-order chi connectivity index (χ1) is 5.84. The molecular formula is C8H14N2O2. The molecule has 1 heterocycles. The topological polar surface area (TPSA) is 47.3 Å². The van der Waals surface area contributed by atoms with Crippen LogP contribution in [-0.4, -0.2) is 34.5 Å². The summed E-state index contributed by atoms with van der Waals surface area (Å²) in [5, 5.41) is 8.43. The molecule has 0 amide bonds. The standard InChI is InChI=1S/C8H14N2O2/c1-8-9-2-3-10(8)4-6-12-7-5-11/h2-3,11H,4-7H2,1H3. The molecule has 0 unspecified atom stereocenters. The third-order valence-corrected chi connectivity index (χ3v) is 1.64. The van der Waals surface area contributed by atoms with Crippen LogP contribution in [0.5, 0.6) is 0 Å². The molecule has 1 rings (SSSR count). The summed E-state index contributed by atoms with van der Waals surface area (Å²) in [5.41, 5.74) is 0. The van der Waals surface area contributed by atoms with Crippen molar-refractivity contribution in [2.45, 2.75) is 13.5 Å². The lowest BCUT2D eigenvalue weighted by Crippen LogP contribution is -2.08. The van der Waals surface area contributed by atoms with Crippen LogP contribution >= 0.6 is 0 Å². The Morgan fingerprint density at radius 2 is 2.42 bits per heavy atom. The molecular weight excluding hydrogens is 156 g/mol. The Morgan fingerprint density at radius 1 is 1.58 bits per heavy atom. The number of ether oxygens (including phenoxy) is 1. The Kier molecular flexibility index (Phi) is 3.76. The van der Waals surface area contributed by atoms with Crippen LogP contribution in [0.1, 0.15) is 5.82 Å². The van der Waals surface area contributed by atoms with Crippen molar-refractivity contribution in [1.29, 1.82) is 0 Å². The smallest absolute Gasteiger partial charge is 0.105 e. The largest absolute Gasteiger partial charge is 0.394 e. The fourth-order valence-electron chi connectivity index (χ4n) is 0.970. The average molecular weight is 170 g/mol. The number of aromatic nitrogens is 2. The van der Waals surface area contributed by atoms with Gasteiger partial charge in [-0.25, -0.2) is 4.98 Å². The van der Waals surface area contributed by atoms with E-state index in [1.807, 2.05) is 17.7 Å². The van der Waals surface area contributed by atoms with E-state index in [0.717, 1.165) is 12.4 Å². The van der Waals surface area contributed by atoms with Gasteiger partial charge < -0.3 is 14.4 Å². The molecule has 0 saturated heterocycles. The Morgan fingerprint density at radius 3 is 3.00 bits per heavy atom. The van der Waals surface area contributed by atoms with Gasteiger partial charge in [-0.1, -0.05) is 0 Å². The van der Waals surface area contributed by atoms with Crippen molar-refractivity contribution in [3.63, 3.8) is 0 Å². The van der Waals surface area contributed by atoms with E-state index in [0.29, 0.717) is 13.2 Å². The van der Waals surface area contributed by atoms with Gasteiger partial charge in [0.1, 0.15) is 5.82 Å². The average Bonchev–Trinajstić information content (AvgIpc) is 2.46. The van der Waals surface area contributed by atoms with Crippen LogP contribution in [0.25, 0.3) is 0 Å². The highest BCUT2D eigenvalue weighted by Gasteiger charge is 1.94. The molecule has 68 valence electrons. The summed E-state index contributed by atoms with van der Waals surface area (Å²) in [5.74, 6) is 0.989. The summed E-state index contributed by atoms with van der Waals surface area (Å²) < 4.78 is 7.12. The second-order valence-corrected chi connectivity index (χ2v) is 2.50. The number of nitrogens with zero attached hydrogens (tertiary/aromatic N) is 2. The van der Waals surface area contributed by atoms with Gasteiger partial charge in [0.05, 0.1) is 19.8 Å². The van der Waals surface area contributed by atoms with Crippen molar-refractivity contribution in [3.8, 4) is 0 Å². The molecule has 12 heavy (non-hydrogen) atoms. The monoisotopic (exact) mass is 170 g/mol. The van der Waals surface area contributed by atoms with E-state index in [1.54, 1.807) is 6.20 Å². The fourth-order valence-corrected chi connectivity index (χ4v) is 0.970. The van der Waals surface area contributed by atoms with E-state index in [1.165, 1.54) is 0 Å². The van der Waals surface area contributed by atoms with Gasteiger partial charge >= 0.3 is 0 Å². The van der Waals surface area contributed by atoms with Crippen molar-refractivity contribution >= 4 is 0 Å². The zero-order valence-corrected chi connectivity index (χ0v) is 7.23. The molecule has 4 heteroatoms. The molecule has 0 atom stereocenters. The first-order valence-corrected chi connectivity index (χ1v) is 4.01. The first-order valence-electron chi connectivity index (χ1n) is 4.01. The van der Waals surface area contributed by atoms with Crippen LogP contribution in [0.4, 0.5) is 0 Å². The quantitative estimate of drug-likeness (QED) is 0.642. The van der Waals surface area contributed by atoms with Crippen molar-refractivity contribution in [3.05, 3.63) is 18.2 Å². The van der Waals surface area contributed by atoms with E-state index >= 15 is 0 Å². The lowest BCUT2D eigenvalue weighted by atomic mass is 10.6. The zero-order chi connectivity index (χ0) is 8.81. The maximum atomic E-state index is 8.43. The van der Waals surface area contributed by atoms with Gasteiger partial charge in [-0.3, -0.25) is 0 Å². The highest BCUT2D eigenvalue weighted by atomic mass is 16.5. The molecule has 4 nitrogen and oxygen atoms in total. The molecule has 1 aromatic rings. The minimum absolute atomic E-state index is 0.0862. The lowest BCUT2D eigenvalue weighted by molar-refractivity contribution is 0.0867. The normalized spacial score (nSPS) is 10.5.